The summed E-state index contributed by atoms with van der Waals surface area (Å²) in [6, 6.07) is 5.55. The number of benzene rings is 1. The fourth-order valence-corrected chi connectivity index (χ4v) is 2.46. The van der Waals surface area contributed by atoms with Gasteiger partial charge in [-0.25, -0.2) is 0 Å². The summed E-state index contributed by atoms with van der Waals surface area (Å²) in [5.41, 5.74) is -6.55. The van der Waals surface area contributed by atoms with Crippen LogP contribution >= 0.6 is 15.9 Å². The Hall–Kier alpha value is -2.06. The van der Waals surface area contributed by atoms with Crippen molar-refractivity contribution in [3.8, 4) is 6.07 Å². The van der Waals surface area contributed by atoms with Crippen molar-refractivity contribution in [3.05, 3.63) is 33.8 Å². The molecule has 0 atom stereocenters. The number of carbonyl (C=O) groups excluding carboxylic acids is 1. The largest absolute Gasteiger partial charge is 0.534 e. The second kappa shape index (κ2) is 7.23. The molecule has 11 heteroatoms. The summed E-state index contributed by atoms with van der Waals surface area (Å²) in [7, 11) is -2.99. The predicted octanol–water partition coefficient (Wildman–Crippen LogP) is 2.81. The lowest BCUT2D eigenvalue weighted by Gasteiger charge is -2.20. The molecule has 0 fully saturated rings. The maximum Gasteiger partial charge on any atom is 0.534 e. The van der Waals surface area contributed by atoms with Gasteiger partial charge in [0.15, 0.2) is 12.0 Å². The monoisotopic (exact) mass is 426 g/mol. The summed E-state index contributed by atoms with van der Waals surface area (Å²) in [5, 5.41) is 8.94. The van der Waals surface area contributed by atoms with Gasteiger partial charge >= 0.3 is 15.6 Å². The number of hydrogen-bond donors (Lipinski definition) is 0. The highest BCUT2D eigenvalue weighted by Crippen LogP contribution is 2.36. The number of anilines is 1. The molecule has 130 valence electrons. The molecule has 1 aromatic carbocycles. The molecule has 0 heterocycles. The third-order valence-corrected chi connectivity index (χ3v) is 4.09. The predicted molar refractivity (Wildman–Crippen MR) is 83.1 cm³/mol. The van der Waals surface area contributed by atoms with Gasteiger partial charge < -0.3 is 9.08 Å². The standard InChI is InChI=1S/C13H10BrF3N2O4S/c1-19(2)11-4-3-9(14)5-10(11)12(8(6-18)7-20)23-24(21,22)13(15,16)17/h3-5,7H,1-2H3/b12-8+. The van der Waals surface area contributed by atoms with Gasteiger partial charge in [0.25, 0.3) is 0 Å². The first kappa shape index (κ1) is 20.0. The molecule has 6 nitrogen and oxygen atoms in total. The lowest BCUT2D eigenvalue weighted by Crippen LogP contribution is -2.26. The van der Waals surface area contributed by atoms with Crippen LogP contribution in [0.1, 0.15) is 5.56 Å². The number of nitriles is 1. The Kier molecular flexibility index (Phi) is 6.02. The van der Waals surface area contributed by atoms with Gasteiger partial charge in [0, 0.05) is 29.8 Å². The van der Waals surface area contributed by atoms with E-state index in [1.165, 1.54) is 37.2 Å². The highest BCUT2D eigenvalue weighted by molar-refractivity contribution is 9.10. The summed E-state index contributed by atoms with van der Waals surface area (Å²) in [6.07, 6.45) is -0.0818. The Morgan fingerprint density at radius 3 is 2.38 bits per heavy atom. The number of hydrogen-bond acceptors (Lipinski definition) is 6. The van der Waals surface area contributed by atoms with Crippen molar-refractivity contribution in [1.29, 1.82) is 5.26 Å². The molecule has 0 aliphatic carbocycles. The number of alkyl halides is 3. The number of carbonyl (C=O) groups is 1. The number of allylic oxidation sites excluding steroid dienone is 1. The van der Waals surface area contributed by atoms with Crippen molar-refractivity contribution >= 4 is 43.8 Å². The van der Waals surface area contributed by atoms with E-state index in [1.807, 2.05) is 0 Å². The molecule has 0 saturated heterocycles. The minimum absolute atomic E-state index is 0.0818. The first-order chi connectivity index (χ1) is 10.9. The topological polar surface area (TPSA) is 87.5 Å². The molecule has 0 aromatic heterocycles. The van der Waals surface area contributed by atoms with Crippen molar-refractivity contribution in [2.45, 2.75) is 5.51 Å². The van der Waals surface area contributed by atoms with Crippen LogP contribution in [0.25, 0.3) is 5.76 Å². The molecular formula is C13H10BrF3N2O4S. The second-order valence-corrected chi connectivity index (χ2v) is 6.97. The quantitative estimate of drug-likeness (QED) is 0.179. The van der Waals surface area contributed by atoms with Crippen LogP contribution in [0.5, 0.6) is 0 Å². The number of rotatable bonds is 5. The molecule has 0 aliphatic rings. The van der Waals surface area contributed by atoms with Crippen molar-refractivity contribution in [1.82, 2.24) is 0 Å². The fraction of sp³-hybridized carbons (Fsp3) is 0.231. The molecule has 0 amide bonds. The molecule has 1 rings (SSSR count). The van der Waals surface area contributed by atoms with Gasteiger partial charge in [0.2, 0.25) is 0 Å². The zero-order valence-corrected chi connectivity index (χ0v) is 14.7. The molecule has 0 radical (unpaired) electrons. The third kappa shape index (κ3) is 4.27. The molecule has 1 aromatic rings. The Bertz CT molecular complexity index is 827. The second-order valence-electron chi connectivity index (χ2n) is 4.51. The van der Waals surface area contributed by atoms with Crippen LogP contribution in [-0.2, 0) is 19.1 Å². The van der Waals surface area contributed by atoms with Gasteiger partial charge in [-0.2, -0.15) is 26.9 Å². The van der Waals surface area contributed by atoms with Crippen LogP contribution in [-0.4, -0.2) is 34.3 Å². The summed E-state index contributed by atoms with van der Waals surface area (Å²) >= 11 is 3.09. The smallest absolute Gasteiger partial charge is 0.377 e. The van der Waals surface area contributed by atoms with Crippen LogP contribution in [0.2, 0.25) is 0 Å². The average Bonchev–Trinajstić information content (AvgIpc) is 2.45. The minimum atomic E-state index is -6.07. The van der Waals surface area contributed by atoms with Crippen molar-refractivity contribution in [2.24, 2.45) is 0 Å². The van der Waals surface area contributed by atoms with Crippen LogP contribution < -0.4 is 4.90 Å². The van der Waals surface area contributed by atoms with E-state index in [2.05, 4.69) is 20.1 Å². The van der Waals surface area contributed by atoms with E-state index in [9.17, 15) is 26.4 Å². The van der Waals surface area contributed by atoms with Gasteiger partial charge in [-0.1, -0.05) is 15.9 Å². The zero-order chi connectivity index (χ0) is 18.7. The lowest BCUT2D eigenvalue weighted by molar-refractivity contribution is -0.104. The van der Waals surface area contributed by atoms with E-state index in [-0.39, 0.29) is 17.5 Å². The van der Waals surface area contributed by atoms with Gasteiger partial charge in [0.05, 0.1) is 0 Å². The fourth-order valence-electron chi connectivity index (χ4n) is 1.60. The first-order valence-corrected chi connectivity index (χ1v) is 8.22. The summed E-state index contributed by atoms with van der Waals surface area (Å²) in [5.74, 6) is -1.00. The van der Waals surface area contributed by atoms with E-state index >= 15 is 0 Å². The van der Waals surface area contributed by atoms with Gasteiger partial charge in [-0.05, 0) is 18.2 Å². The molecule has 0 bridgehead atoms. The Morgan fingerprint density at radius 1 is 1.38 bits per heavy atom. The molecule has 0 saturated carbocycles. The van der Waals surface area contributed by atoms with Crippen LogP contribution in [0.15, 0.2) is 28.2 Å². The van der Waals surface area contributed by atoms with Crippen molar-refractivity contribution in [2.75, 3.05) is 19.0 Å². The highest BCUT2D eigenvalue weighted by Gasteiger charge is 2.49. The number of aldehydes is 1. The summed E-state index contributed by atoms with van der Waals surface area (Å²) in [4.78, 5) is 12.4. The third-order valence-electron chi connectivity index (χ3n) is 2.64. The van der Waals surface area contributed by atoms with Gasteiger partial charge in [-0.3, -0.25) is 4.79 Å². The first-order valence-electron chi connectivity index (χ1n) is 6.02. The SMILES string of the molecule is CN(C)c1ccc(Br)cc1/C(OS(=O)(=O)C(F)(F)F)=C(/C#N)C=O. The Balaban J connectivity index is 3.73. The number of halogens is 4. The van der Waals surface area contributed by atoms with Crippen LogP contribution in [0.4, 0.5) is 18.9 Å². The van der Waals surface area contributed by atoms with E-state index in [0.717, 1.165) is 0 Å². The van der Waals surface area contributed by atoms with Crippen molar-refractivity contribution < 1.29 is 30.6 Å². The Morgan fingerprint density at radius 2 is 1.96 bits per heavy atom. The summed E-state index contributed by atoms with van der Waals surface area (Å²) < 4.78 is 64.9. The van der Waals surface area contributed by atoms with Crippen LogP contribution in [0, 0.1) is 11.3 Å². The number of nitrogens with zero attached hydrogens (tertiary/aromatic N) is 2. The molecule has 0 N–H and O–H groups in total. The van der Waals surface area contributed by atoms with Gasteiger partial charge in [-0.15, -0.1) is 0 Å². The normalized spacial score (nSPS) is 12.9. The molecule has 0 unspecified atom stereocenters. The van der Waals surface area contributed by atoms with E-state index in [1.54, 1.807) is 6.07 Å². The molecule has 24 heavy (non-hydrogen) atoms. The van der Waals surface area contributed by atoms with Crippen molar-refractivity contribution in [3.63, 3.8) is 0 Å². The van der Waals surface area contributed by atoms with E-state index in [4.69, 9.17) is 5.26 Å². The average molecular weight is 427 g/mol. The van der Waals surface area contributed by atoms with E-state index < -0.39 is 27.0 Å². The zero-order valence-electron chi connectivity index (χ0n) is 12.3. The Labute approximate surface area is 144 Å². The maximum atomic E-state index is 12.6. The van der Waals surface area contributed by atoms with E-state index in [0.29, 0.717) is 4.47 Å². The highest BCUT2D eigenvalue weighted by atomic mass is 79.9. The van der Waals surface area contributed by atoms with Gasteiger partial charge in [0.1, 0.15) is 11.6 Å². The molecular weight excluding hydrogens is 417 g/mol. The lowest BCUT2D eigenvalue weighted by atomic mass is 10.1. The van der Waals surface area contributed by atoms with Crippen LogP contribution in [0.3, 0.4) is 0 Å². The minimum Gasteiger partial charge on any atom is -0.377 e. The maximum absolute atomic E-state index is 12.6. The molecule has 0 aliphatic heterocycles. The molecule has 0 spiro atoms. The summed E-state index contributed by atoms with van der Waals surface area (Å²) in [6.45, 7) is 0.